The third-order valence-corrected chi connectivity index (χ3v) is 35.7. The molecule has 0 aliphatic heterocycles. The molecule has 145 heavy (non-hydrogen) atoms. The summed E-state index contributed by atoms with van der Waals surface area (Å²) in [4.78, 5) is 20.1. The van der Waals surface area contributed by atoms with Gasteiger partial charge < -0.3 is 14.2 Å². The number of aromatic nitrogens is 3. The van der Waals surface area contributed by atoms with Crippen molar-refractivity contribution in [3.8, 4) is 78.7 Å². The molecule has 0 atom stereocenters. The molecule has 21 aromatic carbocycles. The number of anilines is 6. The van der Waals surface area contributed by atoms with Crippen molar-refractivity contribution >= 4 is 131 Å². The highest BCUT2D eigenvalue weighted by Gasteiger charge is 2.52. The monoisotopic (exact) mass is 1870 g/mol. The third kappa shape index (κ3) is 13.8. The second-order valence-electron chi connectivity index (χ2n) is 44.9. The van der Waals surface area contributed by atoms with Crippen molar-refractivity contribution in [3.05, 3.63) is 463 Å². The summed E-state index contributed by atoms with van der Waals surface area (Å²) >= 11 is 0. The van der Waals surface area contributed by atoms with Crippen LogP contribution >= 0.6 is 0 Å². The van der Waals surface area contributed by atoms with Crippen LogP contribution in [0.15, 0.2) is 423 Å². The van der Waals surface area contributed by atoms with Gasteiger partial charge in [0, 0.05) is 83.8 Å². The molecule has 6 heteroatoms. The molecule has 4 aliphatic rings. The van der Waals surface area contributed by atoms with Crippen LogP contribution in [0.5, 0.6) is 0 Å². The molecule has 0 unspecified atom stereocenters. The number of benzene rings is 21. The summed E-state index contributed by atoms with van der Waals surface area (Å²) in [6.07, 6.45) is 0. The Morgan fingerprint density at radius 1 is 0.179 bits per heavy atom. The zero-order valence-corrected chi connectivity index (χ0v) is 85.5. The molecule has 704 valence electrons. The van der Waals surface area contributed by atoms with Crippen molar-refractivity contribution in [1.82, 2.24) is 15.0 Å². The molecule has 0 radical (unpaired) electrons. The van der Waals surface area contributed by atoms with Gasteiger partial charge in [-0.05, 0) is 271 Å². The van der Waals surface area contributed by atoms with Gasteiger partial charge in [-0.1, -0.05) is 438 Å². The molecular weight excluding hydrogens is 1760 g/mol. The molecule has 0 fully saturated rings. The zero-order valence-electron chi connectivity index (χ0n) is 85.5. The molecular formula is C139H117N5O. The van der Waals surface area contributed by atoms with Crippen LogP contribution in [-0.4, -0.2) is 15.0 Å². The maximum Gasteiger partial charge on any atom is 0.164 e. The molecule has 2 aromatic heterocycles. The number of fused-ring (bicyclic) bond motifs is 28. The highest BCUT2D eigenvalue weighted by atomic mass is 16.3. The van der Waals surface area contributed by atoms with Crippen LogP contribution < -0.4 is 9.80 Å². The van der Waals surface area contributed by atoms with Gasteiger partial charge in [0.2, 0.25) is 0 Å². The first-order valence-corrected chi connectivity index (χ1v) is 51.4. The van der Waals surface area contributed by atoms with Crippen LogP contribution in [0, 0.1) is 0 Å². The van der Waals surface area contributed by atoms with E-state index >= 15 is 0 Å². The van der Waals surface area contributed by atoms with Crippen molar-refractivity contribution in [2.24, 2.45) is 0 Å². The zero-order chi connectivity index (χ0) is 99.3. The normalized spacial score (nSPS) is 15.6. The lowest BCUT2D eigenvalue weighted by Crippen LogP contribution is -2.44. The Morgan fingerprint density at radius 3 is 1.10 bits per heavy atom. The Labute approximate surface area is 850 Å². The van der Waals surface area contributed by atoms with E-state index in [1.54, 1.807) is 0 Å². The second-order valence-corrected chi connectivity index (χ2v) is 44.9. The summed E-state index contributed by atoms with van der Waals surface area (Å²) in [5, 5.41) is 20.4. The standard InChI is InChI=1S/C50H47N.C45H35N3.C44H35NO/c1-47(2)41-22-15-14-21-37(41)38-28-26-34(31-43(38)49(47,5)6)51(33-18-10-9-11-19-33)44-24-16-23-42-45(44)40-30-29-36-35-20-13-12-17-32(35)25-27-39(36)46(40)50(7,8)48(42,3)4;1-44(2)39-25-21-33(27-38(39)37-24-23-35-34-17-11-10-13-29(34)20-22-36(35)40(37)45(44,3)4)43-47-41(30-14-6-5-7-15-30)46-42(48-43)32-19-18-28-12-8-9-16-31(28)26-32;1-43(2)39-26-30(45(29-13-6-5-7-14-29)31-20-23-36-35-16-10-11-17-40(35)46-41(36)27-31)19-22-34(39)38-25-24-33-32-15-9-8-12-28(32)18-21-37(33)42(38)44(43,3)4/h9-31H,1-8H3;5-27H,1-4H3;5-27H,1-4H3. The number of hydrogen-bond donors (Lipinski definition) is 0. The number of furan rings is 1. The highest BCUT2D eigenvalue weighted by Crippen LogP contribution is 2.64. The average Bonchev–Trinajstić information content (AvgIpc) is 1.06. The van der Waals surface area contributed by atoms with Crippen molar-refractivity contribution in [2.75, 3.05) is 9.80 Å². The first-order valence-electron chi connectivity index (χ1n) is 51.4. The Balaban J connectivity index is 0.000000114. The smallest absolute Gasteiger partial charge is 0.164 e. The summed E-state index contributed by atoms with van der Waals surface area (Å²) < 4.78 is 6.34. The SMILES string of the molecule is CC1(C)c2cc(N(c3ccccc3)c3ccc4c(c3)oc3ccccc34)ccc2-c2ccc3c(ccc4ccccc43)c2C1(C)C.CC1(C)c2ccc(-c3nc(-c4ccccc4)nc(-c4ccc5ccccc5c4)n3)cc2-c2ccc3c(ccc4ccccc43)c2C1(C)C.CC1(C)c2ccccc2-c2ccc(N(c3ccccc3)c3cccc4c3-c3ccc5c(ccc6ccccc65)c3C(C)(C)C4(C)C)cc2C1(C)C. The minimum atomic E-state index is -0.143. The second kappa shape index (κ2) is 33.2. The third-order valence-electron chi connectivity index (χ3n) is 35.7. The van der Waals surface area contributed by atoms with Crippen LogP contribution in [0.1, 0.15) is 155 Å². The van der Waals surface area contributed by atoms with Gasteiger partial charge in [0.25, 0.3) is 0 Å². The number of hydrogen-bond acceptors (Lipinski definition) is 6. The van der Waals surface area contributed by atoms with Gasteiger partial charge >= 0.3 is 0 Å². The van der Waals surface area contributed by atoms with Crippen LogP contribution in [0.3, 0.4) is 0 Å². The first-order chi connectivity index (χ1) is 70.0. The van der Waals surface area contributed by atoms with Gasteiger partial charge in [0.15, 0.2) is 17.5 Å². The fourth-order valence-corrected chi connectivity index (χ4v) is 25.2. The van der Waals surface area contributed by atoms with E-state index in [9.17, 15) is 0 Å². The predicted molar refractivity (Wildman–Crippen MR) is 614 cm³/mol. The lowest BCUT2D eigenvalue weighted by atomic mass is 9.54. The van der Waals surface area contributed by atoms with Crippen LogP contribution in [0.4, 0.5) is 34.1 Å². The van der Waals surface area contributed by atoms with Crippen LogP contribution in [0.2, 0.25) is 0 Å². The molecule has 0 bridgehead atoms. The summed E-state index contributed by atoms with van der Waals surface area (Å²) in [6, 6.07) is 153. The molecule has 6 nitrogen and oxygen atoms in total. The fraction of sp³-hybridized carbons (Fsp3) is 0.173. The fourth-order valence-electron chi connectivity index (χ4n) is 25.2. The number of para-hydroxylation sites is 3. The van der Waals surface area contributed by atoms with Gasteiger partial charge in [-0.25, -0.2) is 15.0 Å². The van der Waals surface area contributed by atoms with Gasteiger partial charge in [-0.3, -0.25) is 0 Å². The molecule has 0 N–H and O–H groups in total. The molecule has 0 saturated heterocycles. The molecule has 27 rings (SSSR count). The van der Waals surface area contributed by atoms with Gasteiger partial charge in [-0.15, -0.1) is 0 Å². The lowest BCUT2D eigenvalue weighted by molar-refractivity contribution is 0.299. The maximum atomic E-state index is 6.34. The molecule has 4 aliphatic carbocycles. The maximum absolute atomic E-state index is 6.34. The van der Waals surface area contributed by atoms with E-state index in [2.05, 4.69) is 509 Å². The predicted octanol–water partition coefficient (Wildman–Crippen LogP) is 38.1. The Bertz CT molecular complexity index is 9270. The van der Waals surface area contributed by atoms with E-state index in [0.29, 0.717) is 17.5 Å². The number of nitrogens with zero attached hydrogens (tertiary/aromatic N) is 5. The van der Waals surface area contributed by atoms with Gasteiger partial charge in [-0.2, -0.15) is 0 Å². The van der Waals surface area contributed by atoms with E-state index < -0.39 is 0 Å². The summed E-state index contributed by atoms with van der Waals surface area (Å²) in [6.45, 7) is 38.8. The minimum absolute atomic E-state index is 0.0432. The highest BCUT2D eigenvalue weighted by molar-refractivity contribution is 6.15. The molecule has 0 saturated carbocycles. The Kier molecular flexibility index (Phi) is 20.7. The minimum Gasteiger partial charge on any atom is -0.456 e. The first kappa shape index (κ1) is 90.1. The van der Waals surface area contributed by atoms with Crippen LogP contribution in [0.25, 0.3) is 176 Å². The van der Waals surface area contributed by atoms with Crippen molar-refractivity contribution in [2.45, 2.75) is 154 Å². The summed E-state index contributed by atoms with van der Waals surface area (Å²) in [7, 11) is 0. The average molecular weight is 1870 g/mol. The van der Waals surface area contributed by atoms with E-state index in [1.165, 1.54) is 170 Å². The van der Waals surface area contributed by atoms with Gasteiger partial charge in [0.1, 0.15) is 11.2 Å². The summed E-state index contributed by atoms with van der Waals surface area (Å²) in [5.74, 6) is 2.01. The topological polar surface area (TPSA) is 58.3 Å². The quantitative estimate of drug-likeness (QED) is 0.134. The van der Waals surface area contributed by atoms with E-state index in [0.717, 1.165) is 66.8 Å². The number of rotatable bonds is 9. The Morgan fingerprint density at radius 2 is 0.531 bits per heavy atom. The largest absolute Gasteiger partial charge is 0.456 e. The van der Waals surface area contributed by atoms with Crippen molar-refractivity contribution < 1.29 is 4.42 Å². The Hall–Kier alpha value is -16.2. The van der Waals surface area contributed by atoms with Crippen LogP contribution in [-0.2, 0) is 43.3 Å². The van der Waals surface area contributed by atoms with Gasteiger partial charge in [0.05, 0.1) is 5.69 Å². The summed E-state index contributed by atoms with van der Waals surface area (Å²) in [5.41, 5.74) is 32.5. The van der Waals surface area contributed by atoms with E-state index in [-0.39, 0.29) is 43.3 Å². The molecule has 23 aromatic rings. The van der Waals surface area contributed by atoms with E-state index in [1.807, 2.05) is 30.3 Å². The molecule has 2 heterocycles. The van der Waals surface area contributed by atoms with Crippen molar-refractivity contribution in [3.63, 3.8) is 0 Å². The molecule has 0 amide bonds. The lowest BCUT2D eigenvalue weighted by Gasteiger charge is -2.50. The molecule has 0 spiro atoms. The van der Waals surface area contributed by atoms with E-state index in [4.69, 9.17) is 19.4 Å². The van der Waals surface area contributed by atoms with Crippen molar-refractivity contribution in [1.29, 1.82) is 0 Å².